The molecule has 0 spiro atoms. The molecule has 0 amide bonds. The van der Waals surface area contributed by atoms with Gasteiger partial charge in [-0.2, -0.15) is 0 Å². The predicted molar refractivity (Wildman–Crippen MR) is 123 cm³/mol. The van der Waals surface area contributed by atoms with Crippen LogP contribution in [0.25, 0.3) is 11.2 Å². The minimum atomic E-state index is -0.463. The molecule has 0 unspecified atom stereocenters. The Balaban J connectivity index is 1.30. The predicted octanol–water partition coefficient (Wildman–Crippen LogP) is 2.26. The minimum Gasteiger partial charge on any atom is -0.486 e. The van der Waals surface area contributed by atoms with Crippen molar-refractivity contribution in [1.82, 2.24) is 23.7 Å². The zero-order chi connectivity index (χ0) is 23.5. The monoisotopic (exact) mass is 489 g/mol. The number of aromatic nitrogens is 5. The molecule has 172 valence electrons. The second kappa shape index (κ2) is 9.59. The summed E-state index contributed by atoms with van der Waals surface area (Å²) in [6.45, 7) is 0.530. The SMILES string of the molecule is Cn1c(=O)c2c(ncn2CCC(=O)OCc2csc(COc3ccc(Cl)cc3)n2)n(C)c1=O. The van der Waals surface area contributed by atoms with Crippen LogP contribution < -0.4 is 16.0 Å². The van der Waals surface area contributed by atoms with E-state index in [-0.39, 0.29) is 30.7 Å². The van der Waals surface area contributed by atoms with Gasteiger partial charge in [0.05, 0.1) is 18.4 Å². The number of imidazole rings is 1. The van der Waals surface area contributed by atoms with Crippen molar-refractivity contribution >= 4 is 40.1 Å². The van der Waals surface area contributed by atoms with Gasteiger partial charge in [0, 0.05) is 31.0 Å². The number of hydrogen-bond acceptors (Lipinski definition) is 8. The minimum absolute atomic E-state index is 0.0358. The first-order valence-electron chi connectivity index (χ1n) is 9.91. The fourth-order valence-corrected chi connectivity index (χ4v) is 3.98. The molecule has 0 N–H and O–H groups in total. The Bertz CT molecular complexity index is 1420. The molecule has 0 aliphatic carbocycles. The standard InChI is InChI=1S/C21H20ClN5O5S/c1-25-19-18(20(29)26(2)21(25)30)27(12-23-19)8-7-17(28)32-9-14-11-33-16(24-14)10-31-15-5-3-13(22)4-6-15/h3-6,11-12H,7-10H2,1-2H3. The highest BCUT2D eigenvalue weighted by atomic mass is 35.5. The zero-order valence-electron chi connectivity index (χ0n) is 17.9. The van der Waals surface area contributed by atoms with Crippen molar-refractivity contribution in [1.29, 1.82) is 0 Å². The Morgan fingerprint density at radius 1 is 1.12 bits per heavy atom. The normalized spacial score (nSPS) is 11.1. The molecule has 12 heteroatoms. The zero-order valence-corrected chi connectivity index (χ0v) is 19.4. The highest BCUT2D eigenvalue weighted by molar-refractivity contribution is 7.09. The Kier molecular flexibility index (Phi) is 6.61. The molecule has 3 aromatic heterocycles. The molecule has 0 bridgehead atoms. The van der Waals surface area contributed by atoms with E-state index in [1.165, 1.54) is 29.3 Å². The largest absolute Gasteiger partial charge is 0.486 e. The number of esters is 1. The lowest BCUT2D eigenvalue weighted by atomic mass is 10.3. The molecule has 33 heavy (non-hydrogen) atoms. The second-order valence-electron chi connectivity index (χ2n) is 7.20. The molecule has 0 saturated carbocycles. The van der Waals surface area contributed by atoms with Crippen molar-refractivity contribution in [3.8, 4) is 5.75 Å². The molecule has 0 saturated heterocycles. The van der Waals surface area contributed by atoms with Crippen molar-refractivity contribution < 1.29 is 14.3 Å². The van der Waals surface area contributed by atoms with Gasteiger partial charge in [-0.3, -0.25) is 18.7 Å². The molecule has 0 fully saturated rings. The van der Waals surface area contributed by atoms with Crippen LogP contribution in [0.15, 0.2) is 45.6 Å². The maximum absolute atomic E-state index is 12.4. The molecule has 0 radical (unpaired) electrons. The number of ether oxygens (including phenoxy) is 2. The Hall–Kier alpha value is -3.44. The number of fused-ring (bicyclic) bond motifs is 1. The molecular formula is C21H20ClN5O5S. The lowest BCUT2D eigenvalue weighted by Gasteiger charge is -2.07. The van der Waals surface area contributed by atoms with Crippen LogP contribution in [-0.2, 0) is 43.4 Å². The van der Waals surface area contributed by atoms with Gasteiger partial charge in [0.25, 0.3) is 5.56 Å². The van der Waals surface area contributed by atoms with Crippen LogP contribution in [0.3, 0.4) is 0 Å². The summed E-state index contributed by atoms with van der Waals surface area (Å²) in [7, 11) is 2.94. The van der Waals surface area contributed by atoms with Gasteiger partial charge in [-0.15, -0.1) is 11.3 Å². The number of benzene rings is 1. The molecule has 10 nitrogen and oxygen atoms in total. The van der Waals surface area contributed by atoms with Crippen LogP contribution >= 0.6 is 22.9 Å². The van der Waals surface area contributed by atoms with Crippen LogP contribution in [0.5, 0.6) is 5.75 Å². The van der Waals surface area contributed by atoms with Crippen molar-refractivity contribution in [2.75, 3.05) is 0 Å². The molecule has 1 aromatic carbocycles. The van der Waals surface area contributed by atoms with E-state index in [0.29, 0.717) is 23.1 Å². The number of carbonyl (C=O) groups is 1. The number of halogens is 1. The van der Waals surface area contributed by atoms with Gasteiger partial charge in [0.2, 0.25) is 0 Å². The van der Waals surface area contributed by atoms with E-state index >= 15 is 0 Å². The molecule has 4 rings (SSSR count). The summed E-state index contributed by atoms with van der Waals surface area (Å²) in [6, 6.07) is 7.04. The molecule has 0 aliphatic heterocycles. The summed E-state index contributed by atoms with van der Waals surface area (Å²) in [5, 5.41) is 3.19. The third-order valence-corrected chi connectivity index (χ3v) is 6.05. The van der Waals surface area contributed by atoms with Crippen LogP contribution in [0.1, 0.15) is 17.1 Å². The van der Waals surface area contributed by atoms with Crippen molar-refractivity contribution in [2.45, 2.75) is 26.2 Å². The van der Waals surface area contributed by atoms with Gasteiger partial charge in [0.1, 0.15) is 24.0 Å². The molecule has 0 atom stereocenters. The van der Waals surface area contributed by atoms with Crippen molar-refractivity contribution in [2.24, 2.45) is 14.1 Å². The van der Waals surface area contributed by atoms with Crippen LogP contribution in [0, 0.1) is 0 Å². The molecular weight excluding hydrogens is 470 g/mol. The third kappa shape index (κ3) is 4.99. The topological polar surface area (TPSA) is 110 Å². The molecule has 4 aromatic rings. The van der Waals surface area contributed by atoms with Crippen molar-refractivity contribution in [3.05, 3.63) is 72.5 Å². The summed E-state index contributed by atoms with van der Waals surface area (Å²) in [5.41, 5.74) is 0.234. The summed E-state index contributed by atoms with van der Waals surface area (Å²) in [5.74, 6) is 0.245. The van der Waals surface area contributed by atoms with E-state index in [1.54, 1.807) is 41.3 Å². The second-order valence-corrected chi connectivity index (χ2v) is 8.58. The van der Waals surface area contributed by atoms with Crippen molar-refractivity contribution in [3.63, 3.8) is 0 Å². The summed E-state index contributed by atoms with van der Waals surface area (Å²) >= 11 is 7.27. The van der Waals surface area contributed by atoms with Gasteiger partial charge in [-0.05, 0) is 24.3 Å². The average Bonchev–Trinajstić information content (AvgIpc) is 3.45. The fourth-order valence-electron chi connectivity index (χ4n) is 3.16. The van der Waals surface area contributed by atoms with Crippen LogP contribution in [-0.4, -0.2) is 29.6 Å². The van der Waals surface area contributed by atoms with E-state index < -0.39 is 17.2 Å². The van der Waals surface area contributed by atoms with Gasteiger partial charge < -0.3 is 14.0 Å². The maximum atomic E-state index is 12.4. The number of rotatable bonds is 8. The van der Waals surface area contributed by atoms with E-state index in [9.17, 15) is 14.4 Å². The summed E-state index contributed by atoms with van der Waals surface area (Å²) in [6.07, 6.45) is 1.47. The van der Waals surface area contributed by atoms with E-state index in [1.807, 2.05) is 0 Å². The van der Waals surface area contributed by atoms with Crippen LogP contribution in [0.4, 0.5) is 0 Å². The Morgan fingerprint density at radius 3 is 2.64 bits per heavy atom. The summed E-state index contributed by atoms with van der Waals surface area (Å²) in [4.78, 5) is 45.2. The quantitative estimate of drug-likeness (QED) is 0.349. The first-order chi connectivity index (χ1) is 15.8. The van der Waals surface area contributed by atoms with E-state index in [2.05, 4.69) is 9.97 Å². The number of thiazole rings is 1. The summed E-state index contributed by atoms with van der Waals surface area (Å²) < 4.78 is 14.8. The fraction of sp³-hybridized carbons (Fsp3) is 0.286. The van der Waals surface area contributed by atoms with Gasteiger partial charge in [-0.1, -0.05) is 11.6 Å². The highest BCUT2D eigenvalue weighted by Crippen LogP contribution is 2.18. The van der Waals surface area contributed by atoms with Gasteiger partial charge >= 0.3 is 11.7 Å². The van der Waals surface area contributed by atoms with Crippen LogP contribution in [0.2, 0.25) is 5.02 Å². The number of aryl methyl sites for hydroxylation is 2. The number of carbonyl (C=O) groups excluding carboxylic acids is 1. The number of hydrogen-bond donors (Lipinski definition) is 0. The van der Waals surface area contributed by atoms with Gasteiger partial charge in [0.15, 0.2) is 11.2 Å². The van der Waals surface area contributed by atoms with Gasteiger partial charge in [-0.25, -0.2) is 14.8 Å². The molecule has 3 heterocycles. The third-order valence-electron chi connectivity index (χ3n) is 4.93. The van der Waals surface area contributed by atoms with E-state index in [4.69, 9.17) is 21.1 Å². The first-order valence-corrected chi connectivity index (χ1v) is 11.2. The Labute approximate surface area is 196 Å². The molecule has 0 aliphatic rings. The first kappa shape index (κ1) is 22.7. The highest BCUT2D eigenvalue weighted by Gasteiger charge is 2.15. The lowest BCUT2D eigenvalue weighted by molar-refractivity contribution is -0.145. The smallest absolute Gasteiger partial charge is 0.332 e. The van der Waals surface area contributed by atoms with E-state index in [0.717, 1.165) is 9.57 Å². The Morgan fingerprint density at radius 2 is 1.88 bits per heavy atom. The lowest BCUT2D eigenvalue weighted by Crippen LogP contribution is -2.37. The average molecular weight is 490 g/mol. The number of nitrogens with zero attached hydrogens (tertiary/aromatic N) is 5. The maximum Gasteiger partial charge on any atom is 0.332 e.